The third kappa shape index (κ3) is 3.51. The molecule has 0 aliphatic carbocycles. The van der Waals surface area contributed by atoms with Crippen LogP contribution in [0.4, 0.5) is 17.3 Å². The van der Waals surface area contributed by atoms with Gasteiger partial charge in [-0.25, -0.2) is 15.0 Å². The number of rotatable bonds is 3. The number of para-hydroxylation sites is 1. The fourth-order valence-electron chi connectivity index (χ4n) is 3.97. The number of nitrogens with zero attached hydrogens (tertiary/aromatic N) is 6. The van der Waals surface area contributed by atoms with Crippen molar-refractivity contribution in [3.8, 4) is 17.6 Å². The maximum Gasteiger partial charge on any atom is 0.161 e. The number of hydrogen-bond acceptors (Lipinski definition) is 7. The standard InChI is InChI=1S/C23H22N8.2H2/c1-15-6-7-17-18(12-15)28-23(27-17)21-22(25)26-14-20(29-21)31-10-8-30(9-11-31)19-5-3-2-4-16(19)13-24;;/h2-7,12,14H,8-11H2,1H3,(H2,25,26)(H,27,28);2*1H. The number of nitrogens with two attached hydrogens (primary N) is 1. The number of piperazine rings is 1. The molecule has 5 rings (SSSR count). The molecule has 1 aliphatic heterocycles. The fourth-order valence-corrected chi connectivity index (χ4v) is 3.97. The van der Waals surface area contributed by atoms with Crippen LogP contribution in [0.15, 0.2) is 48.7 Å². The summed E-state index contributed by atoms with van der Waals surface area (Å²) in [6.45, 7) is 5.19. The van der Waals surface area contributed by atoms with Crippen molar-refractivity contribution in [3.05, 3.63) is 59.8 Å². The lowest BCUT2D eigenvalue weighted by Crippen LogP contribution is -2.47. The van der Waals surface area contributed by atoms with E-state index in [0.29, 0.717) is 22.9 Å². The summed E-state index contributed by atoms with van der Waals surface area (Å²) in [5.41, 5.74) is 11.4. The first kappa shape index (κ1) is 18.9. The van der Waals surface area contributed by atoms with Crippen molar-refractivity contribution in [2.75, 3.05) is 41.7 Å². The number of nitriles is 1. The molecule has 0 atom stereocenters. The minimum atomic E-state index is 0. The van der Waals surface area contributed by atoms with Crippen LogP contribution in [0, 0.1) is 18.3 Å². The summed E-state index contributed by atoms with van der Waals surface area (Å²) in [7, 11) is 0. The molecule has 3 heterocycles. The molecule has 8 nitrogen and oxygen atoms in total. The maximum absolute atomic E-state index is 9.39. The first-order chi connectivity index (χ1) is 15.1. The van der Waals surface area contributed by atoms with Crippen molar-refractivity contribution in [3.63, 3.8) is 0 Å². The second kappa shape index (κ2) is 7.61. The summed E-state index contributed by atoms with van der Waals surface area (Å²) in [6.07, 6.45) is 1.71. The van der Waals surface area contributed by atoms with E-state index >= 15 is 0 Å². The summed E-state index contributed by atoms with van der Waals surface area (Å²) in [5, 5.41) is 9.39. The van der Waals surface area contributed by atoms with Gasteiger partial charge in [-0.2, -0.15) is 5.26 Å². The van der Waals surface area contributed by atoms with Crippen LogP contribution in [0.1, 0.15) is 14.0 Å². The van der Waals surface area contributed by atoms with Crippen LogP contribution in [-0.4, -0.2) is 46.1 Å². The number of benzene rings is 2. The maximum atomic E-state index is 9.39. The van der Waals surface area contributed by atoms with Crippen molar-refractivity contribution in [2.24, 2.45) is 0 Å². The smallest absolute Gasteiger partial charge is 0.161 e. The number of aromatic nitrogens is 4. The molecule has 3 N–H and O–H groups in total. The van der Waals surface area contributed by atoms with Gasteiger partial charge in [0, 0.05) is 29.0 Å². The van der Waals surface area contributed by atoms with E-state index in [4.69, 9.17) is 10.7 Å². The zero-order valence-electron chi connectivity index (χ0n) is 17.2. The van der Waals surface area contributed by atoms with Crippen LogP contribution in [-0.2, 0) is 0 Å². The first-order valence-electron chi connectivity index (χ1n) is 10.2. The lowest BCUT2D eigenvalue weighted by molar-refractivity contribution is 0.646. The Kier molecular flexibility index (Phi) is 4.64. The molecule has 2 aromatic heterocycles. The first-order valence-corrected chi connectivity index (χ1v) is 10.2. The molecule has 1 fully saturated rings. The van der Waals surface area contributed by atoms with E-state index in [1.165, 1.54) is 0 Å². The van der Waals surface area contributed by atoms with Crippen LogP contribution in [0.3, 0.4) is 0 Å². The van der Waals surface area contributed by atoms with Gasteiger partial charge in [-0.3, -0.25) is 0 Å². The Balaban J connectivity index is 0.00000153. The predicted octanol–water partition coefficient (Wildman–Crippen LogP) is 3.60. The highest BCUT2D eigenvalue weighted by atomic mass is 15.3. The fraction of sp³-hybridized carbons (Fsp3) is 0.217. The van der Waals surface area contributed by atoms with Gasteiger partial charge < -0.3 is 20.5 Å². The topological polar surface area (TPSA) is 111 Å². The third-order valence-corrected chi connectivity index (χ3v) is 5.62. The predicted molar refractivity (Wildman–Crippen MR) is 126 cm³/mol. The number of aromatic amines is 1. The van der Waals surface area contributed by atoms with Gasteiger partial charge in [-0.15, -0.1) is 0 Å². The van der Waals surface area contributed by atoms with E-state index in [1.807, 2.05) is 43.3 Å². The van der Waals surface area contributed by atoms with E-state index in [2.05, 4.69) is 36.9 Å². The van der Waals surface area contributed by atoms with E-state index in [0.717, 1.165) is 54.3 Å². The number of hydrogen-bond donors (Lipinski definition) is 2. The molecule has 0 amide bonds. The zero-order chi connectivity index (χ0) is 21.4. The molecule has 8 heteroatoms. The van der Waals surface area contributed by atoms with E-state index < -0.39 is 0 Å². The summed E-state index contributed by atoms with van der Waals surface area (Å²) in [4.78, 5) is 21.6. The zero-order valence-corrected chi connectivity index (χ0v) is 17.2. The molecule has 0 saturated carbocycles. The number of anilines is 3. The average Bonchev–Trinajstić information content (AvgIpc) is 3.22. The van der Waals surface area contributed by atoms with Crippen LogP contribution >= 0.6 is 0 Å². The summed E-state index contributed by atoms with van der Waals surface area (Å²) < 4.78 is 0. The molecule has 4 aromatic rings. The number of aryl methyl sites for hydroxylation is 1. The van der Waals surface area contributed by atoms with Gasteiger partial charge in [0.15, 0.2) is 17.3 Å². The van der Waals surface area contributed by atoms with Crippen molar-refractivity contribution in [1.29, 1.82) is 5.26 Å². The Morgan fingerprint density at radius 1 is 1.06 bits per heavy atom. The molecule has 31 heavy (non-hydrogen) atoms. The van der Waals surface area contributed by atoms with Gasteiger partial charge in [0.05, 0.1) is 28.5 Å². The van der Waals surface area contributed by atoms with Gasteiger partial charge in [0.2, 0.25) is 0 Å². The van der Waals surface area contributed by atoms with Gasteiger partial charge in [-0.05, 0) is 36.8 Å². The molecule has 0 spiro atoms. The molecule has 1 saturated heterocycles. The summed E-state index contributed by atoms with van der Waals surface area (Å²) in [5.74, 6) is 1.74. The van der Waals surface area contributed by atoms with Gasteiger partial charge in [0.25, 0.3) is 0 Å². The van der Waals surface area contributed by atoms with Crippen LogP contribution < -0.4 is 15.5 Å². The Bertz CT molecular complexity index is 1310. The second-order valence-corrected chi connectivity index (χ2v) is 7.67. The number of imidazole rings is 1. The highest BCUT2D eigenvalue weighted by Gasteiger charge is 2.22. The van der Waals surface area contributed by atoms with Gasteiger partial charge in [0.1, 0.15) is 11.9 Å². The third-order valence-electron chi connectivity index (χ3n) is 5.62. The minimum Gasteiger partial charge on any atom is -0.382 e. The molecule has 0 unspecified atom stereocenters. The van der Waals surface area contributed by atoms with Crippen LogP contribution in [0.25, 0.3) is 22.6 Å². The number of nitrogen functional groups attached to an aromatic ring is 1. The minimum absolute atomic E-state index is 0. The number of fused-ring (bicyclic) bond motifs is 1. The lowest BCUT2D eigenvalue weighted by atomic mass is 10.1. The highest BCUT2D eigenvalue weighted by molar-refractivity contribution is 5.81. The molecule has 1 aliphatic rings. The van der Waals surface area contributed by atoms with Crippen molar-refractivity contribution >= 4 is 28.4 Å². The van der Waals surface area contributed by atoms with Gasteiger partial charge in [-0.1, -0.05) is 18.2 Å². The van der Waals surface area contributed by atoms with Crippen molar-refractivity contribution in [1.82, 2.24) is 19.9 Å². The van der Waals surface area contributed by atoms with Crippen LogP contribution in [0.2, 0.25) is 0 Å². The van der Waals surface area contributed by atoms with E-state index in [-0.39, 0.29) is 2.85 Å². The van der Waals surface area contributed by atoms with Gasteiger partial charge >= 0.3 is 0 Å². The molecule has 0 bridgehead atoms. The Labute approximate surface area is 183 Å². The second-order valence-electron chi connectivity index (χ2n) is 7.67. The average molecular weight is 415 g/mol. The quantitative estimate of drug-likeness (QED) is 0.527. The number of nitrogens with one attached hydrogen (secondary N) is 1. The molecule has 0 radical (unpaired) electrons. The monoisotopic (exact) mass is 414 g/mol. The van der Waals surface area contributed by atoms with Crippen molar-refractivity contribution < 1.29 is 2.85 Å². The lowest BCUT2D eigenvalue weighted by Gasteiger charge is -2.37. The van der Waals surface area contributed by atoms with Crippen LogP contribution in [0.5, 0.6) is 0 Å². The normalized spacial score (nSPS) is 14.1. The highest BCUT2D eigenvalue weighted by Crippen LogP contribution is 2.27. The molecular formula is C23H26N8. The molecular weight excluding hydrogens is 388 g/mol. The molecule has 2 aromatic carbocycles. The summed E-state index contributed by atoms with van der Waals surface area (Å²) >= 11 is 0. The Hall–Kier alpha value is -4.12. The Morgan fingerprint density at radius 2 is 1.84 bits per heavy atom. The summed E-state index contributed by atoms with van der Waals surface area (Å²) in [6, 6.07) is 16.1. The van der Waals surface area contributed by atoms with Crippen molar-refractivity contribution in [2.45, 2.75) is 6.92 Å². The van der Waals surface area contributed by atoms with E-state index in [1.54, 1.807) is 6.20 Å². The largest absolute Gasteiger partial charge is 0.382 e. The Morgan fingerprint density at radius 3 is 2.65 bits per heavy atom. The number of H-pyrrole nitrogens is 1. The van der Waals surface area contributed by atoms with E-state index in [9.17, 15) is 5.26 Å². The molecule has 158 valence electrons. The SMILES string of the molecule is Cc1ccc2nc(-c3nc(N4CCN(c5ccccc5C#N)CC4)cnc3N)[nH]c2c1.[HH].[HH].